The van der Waals surface area contributed by atoms with Gasteiger partial charge in [-0.2, -0.15) is 0 Å². The fourth-order valence-corrected chi connectivity index (χ4v) is 2.61. The molecular weight excluding hydrogens is 316 g/mol. The van der Waals surface area contributed by atoms with E-state index in [4.69, 9.17) is 16.3 Å². The van der Waals surface area contributed by atoms with Crippen LogP contribution in [0.5, 0.6) is 5.75 Å². The Bertz CT molecular complexity index is 791. The Morgan fingerprint density at radius 3 is 2.78 bits per heavy atom. The third-order valence-electron chi connectivity index (χ3n) is 3.65. The Labute approximate surface area is 138 Å². The fourth-order valence-electron chi connectivity index (χ4n) is 2.42. The number of hydrogen-bond donors (Lipinski definition) is 1. The van der Waals surface area contributed by atoms with Crippen molar-refractivity contribution in [2.24, 2.45) is 0 Å². The van der Waals surface area contributed by atoms with Gasteiger partial charge in [-0.15, -0.1) is 0 Å². The van der Waals surface area contributed by atoms with Gasteiger partial charge >= 0.3 is 0 Å². The lowest BCUT2D eigenvalue weighted by Crippen LogP contribution is -2.41. The maximum Gasteiger partial charge on any atom is 0.267 e. The summed E-state index contributed by atoms with van der Waals surface area (Å²) in [4.78, 5) is 25.8. The van der Waals surface area contributed by atoms with Crippen molar-refractivity contribution in [3.8, 4) is 5.75 Å². The van der Waals surface area contributed by atoms with E-state index in [-0.39, 0.29) is 11.8 Å². The first kappa shape index (κ1) is 15.4. The number of rotatable bonds is 2. The van der Waals surface area contributed by atoms with Crippen molar-refractivity contribution in [1.29, 1.82) is 0 Å². The zero-order chi connectivity index (χ0) is 16.6. The molecule has 0 aliphatic carbocycles. The second-order valence-corrected chi connectivity index (χ2v) is 5.74. The quantitative estimate of drug-likeness (QED) is 0.918. The lowest BCUT2D eigenvalue weighted by molar-refractivity contribution is -0.125. The second-order valence-electron chi connectivity index (χ2n) is 5.30. The third-order valence-corrected chi connectivity index (χ3v) is 3.88. The van der Waals surface area contributed by atoms with E-state index < -0.39 is 6.10 Å². The summed E-state index contributed by atoms with van der Waals surface area (Å²) < 4.78 is 5.55. The van der Waals surface area contributed by atoms with Crippen LogP contribution in [0.15, 0.2) is 42.5 Å². The molecule has 1 heterocycles. The molecular formula is C17H15ClN2O3. The number of anilines is 2. The van der Waals surface area contributed by atoms with Crippen molar-refractivity contribution in [3.05, 3.63) is 53.1 Å². The molecule has 1 aliphatic heterocycles. The highest BCUT2D eigenvalue weighted by Gasteiger charge is 2.29. The summed E-state index contributed by atoms with van der Waals surface area (Å²) in [6.45, 7) is 1.70. The number of fused-ring (bicyclic) bond motifs is 1. The number of amides is 2. The van der Waals surface area contributed by atoms with Gasteiger partial charge in [0, 0.05) is 23.3 Å². The number of halogens is 1. The highest BCUT2D eigenvalue weighted by molar-refractivity contribution is 6.31. The molecule has 0 spiro atoms. The monoisotopic (exact) mass is 330 g/mol. The maximum absolute atomic E-state index is 12.3. The van der Waals surface area contributed by atoms with E-state index in [9.17, 15) is 9.59 Å². The van der Waals surface area contributed by atoms with Crippen LogP contribution >= 0.6 is 11.6 Å². The highest BCUT2D eigenvalue weighted by atomic mass is 35.5. The van der Waals surface area contributed by atoms with Crippen LogP contribution in [0.2, 0.25) is 5.02 Å². The number of carbonyl (C=O) groups is 2. The molecule has 0 saturated heterocycles. The number of hydrogen-bond acceptors (Lipinski definition) is 3. The standard InChI is InChI=1S/C17H15ClN2O3/c1-10-17(22)20(2)14-9-13(6-7-15(14)23-10)19-16(21)11-4-3-5-12(18)8-11/h3-10H,1-2H3,(H,19,21). The number of nitrogens with one attached hydrogen (secondary N) is 1. The predicted octanol–water partition coefficient (Wildman–Crippen LogP) is 3.34. The first-order valence-electron chi connectivity index (χ1n) is 7.11. The molecule has 0 saturated carbocycles. The minimum atomic E-state index is -0.514. The zero-order valence-corrected chi connectivity index (χ0v) is 13.4. The van der Waals surface area contributed by atoms with Gasteiger partial charge in [0.25, 0.3) is 11.8 Å². The van der Waals surface area contributed by atoms with Gasteiger partial charge < -0.3 is 15.0 Å². The molecule has 1 aliphatic rings. The molecule has 0 aromatic heterocycles. The first-order valence-corrected chi connectivity index (χ1v) is 7.48. The lowest BCUT2D eigenvalue weighted by atomic mass is 10.1. The molecule has 0 radical (unpaired) electrons. The largest absolute Gasteiger partial charge is 0.479 e. The normalized spacial score (nSPS) is 16.6. The molecule has 0 fully saturated rings. The van der Waals surface area contributed by atoms with Gasteiger partial charge in [0.2, 0.25) is 0 Å². The van der Waals surface area contributed by atoms with Crippen molar-refractivity contribution >= 4 is 34.8 Å². The Hall–Kier alpha value is -2.53. The molecule has 118 valence electrons. The van der Waals surface area contributed by atoms with Gasteiger partial charge in [-0.25, -0.2) is 0 Å². The van der Waals surface area contributed by atoms with Crippen LogP contribution < -0.4 is 15.0 Å². The van der Waals surface area contributed by atoms with Gasteiger partial charge in [0.15, 0.2) is 6.10 Å². The van der Waals surface area contributed by atoms with Gasteiger partial charge in [-0.3, -0.25) is 9.59 Å². The van der Waals surface area contributed by atoms with Gasteiger partial charge in [-0.05, 0) is 43.3 Å². The molecule has 1 unspecified atom stereocenters. The molecule has 3 rings (SSSR count). The summed E-state index contributed by atoms with van der Waals surface area (Å²) in [5, 5.41) is 3.29. The van der Waals surface area contributed by atoms with Crippen LogP contribution in [0.4, 0.5) is 11.4 Å². The molecule has 1 atom stereocenters. The summed E-state index contributed by atoms with van der Waals surface area (Å²) in [7, 11) is 1.68. The Morgan fingerprint density at radius 2 is 2.04 bits per heavy atom. The van der Waals surface area contributed by atoms with E-state index in [0.717, 1.165) is 0 Å². The average molecular weight is 331 g/mol. The van der Waals surface area contributed by atoms with E-state index in [0.29, 0.717) is 27.7 Å². The summed E-state index contributed by atoms with van der Waals surface area (Å²) in [5.74, 6) is 0.211. The Morgan fingerprint density at radius 1 is 1.26 bits per heavy atom. The summed E-state index contributed by atoms with van der Waals surface area (Å²) >= 11 is 5.89. The van der Waals surface area contributed by atoms with Crippen molar-refractivity contribution in [2.75, 3.05) is 17.3 Å². The number of ether oxygens (including phenoxy) is 1. The molecule has 5 nitrogen and oxygen atoms in total. The minimum Gasteiger partial charge on any atom is -0.479 e. The number of nitrogens with zero attached hydrogens (tertiary/aromatic N) is 1. The number of likely N-dealkylation sites (N-methyl/N-ethyl adjacent to an activating group) is 1. The molecule has 0 bridgehead atoms. The number of benzene rings is 2. The zero-order valence-electron chi connectivity index (χ0n) is 12.7. The van der Waals surface area contributed by atoms with Gasteiger partial charge in [0.1, 0.15) is 5.75 Å². The minimum absolute atomic E-state index is 0.129. The number of carbonyl (C=O) groups excluding carboxylic acids is 2. The average Bonchev–Trinajstić information content (AvgIpc) is 2.53. The second kappa shape index (κ2) is 5.93. The highest BCUT2D eigenvalue weighted by Crippen LogP contribution is 2.35. The molecule has 6 heteroatoms. The van der Waals surface area contributed by atoms with Crippen LogP contribution in [0, 0.1) is 0 Å². The van der Waals surface area contributed by atoms with Crippen molar-refractivity contribution < 1.29 is 14.3 Å². The maximum atomic E-state index is 12.3. The van der Waals surface area contributed by atoms with Gasteiger partial charge in [-0.1, -0.05) is 17.7 Å². The van der Waals surface area contributed by atoms with Gasteiger partial charge in [0.05, 0.1) is 5.69 Å². The van der Waals surface area contributed by atoms with Crippen LogP contribution in [0.3, 0.4) is 0 Å². The molecule has 1 N–H and O–H groups in total. The van der Waals surface area contributed by atoms with Crippen LogP contribution in [-0.4, -0.2) is 25.0 Å². The van der Waals surface area contributed by atoms with Crippen molar-refractivity contribution in [3.63, 3.8) is 0 Å². The topological polar surface area (TPSA) is 58.6 Å². The molecule has 2 amide bonds. The van der Waals surface area contributed by atoms with Crippen LogP contribution in [0.1, 0.15) is 17.3 Å². The molecule has 2 aromatic carbocycles. The molecule has 23 heavy (non-hydrogen) atoms. The van der Waals surface area contributed by atoms with Crippen molar-refractivity contribution in [1.82, 2.24) is 0 Å². The predicted molar refractivity (Wildman–Crippen MR) is 89.3 cm³/mol. The first-order chi connectivity index (χ1) is 11.0. The van der Waals surface area contributed by atoms with Crippen LogP contribution in [0.25, 0.3) is 0 Å². The van der Waals surface area contributed by atoms with E-state index in [1.807, 2.05) is 0 Å². The van der Waals surface area contributed by atoms with E-state index >= 15 is 0 Å². The SMILES string of the molecule is CC1Oc2ccc(NC(=O)c3cccc(Cl)c3)cc2N(C)C1=O. The lowest BCUT2D eigenvalue weighted by Gasteiger charge is -2.30. The third kappa shape index (κ3) is 3.00. The smallest absolute Gasteiger partial charge is 0.267 e. The summed E-state index contributed by atoms with van der Waals surface area (Å²) in [5.41, 5.74) is 1.66. The van der Waals surface area contributed by atoms with Crippen molar-refractivity contribution in [2.45, 2.75) is 13.0 Å². The fraction of sp³-hybridized carbons (Fsp3) is 0.176. The van der Waals surface area contributed by atoms with Crippen LogP contribution in [-0.2, 0) is 4.79 Å². The Kier molecular flexibility index (Phi) is 3.96. The van der Waals surface area contributed by atoms with E-state index in [1.165, 1.54) is 4.90 Å². The summed E-state index contributed by atoms with van der Waals surface area (Å²) in [6, 6.07) is 11.9. The van der Waals surface area contributed by atoms with E-state index in [2.05, 4.69) is 5.32 Å². The Balaban J connectivity index is 1.85. The summed E-state index contributed by atoms with van der Waals surface area (Å²) in [6.07, 6.45) is -0.514. The molecule has 2 aromatic rings. The van der Waals surface area contributed by atoms with E-state index in [1.54, 1.807) is 56.4 Å².